The number of nitrogens with zero attached hydrogens (tertiary/aromatic N) is 1. The van der Waals surface area contributed by atoms with Gasteiger partial charge in [-0.1, -0.05) is 24.6 Å². The molecule has 6 heteroatoms. The third-order valence-corrected chi connectivity index (χ3v) is 5.01. The molecule has 0 aromatic heterocycles. The van der Waals surface area contributed by atoms with Crippen LogP contribution in [-0.2, 0) is 14.8 Å². The first-order chi connectivity index (χ1) is 10.2. The molecule has 1 amide bonds. The Labute approximate surface area is 133 Å². The van der Waals surface area contributed by atoms with Gasteiger partial charge in [0.2, 0.25) is 15.9 Å². The quantitative estimate of drug-likeness (QED) is 0.836. The highest BCUT2D eigenvalue weighted by Gasteiger charge is 2.17. The van der Waals surface area contributed by atoms with Gasteiger partial charge in [-0.15, -0.1) is 0 Å². The minimum atomic E-state index is -3.25. The molecule has 1 N–H and O–H groups in total. The smallest absolute Gasteiger partial charge is 0.223 e. The summed E-state index contributed by atoms with van der Waals surface area (Å²) in [6, 6.07) is 4.05. The van der Waals surface area contributed by atoms with Crippen molar-refractivity contribution in [3.05, 3.63) is 28.8 Å². The van der Waals surface area contributed by atoms with Gasteiger partial charge in [-0.05, 0) is 38.3 Å². The van der Waals surface area contributed by atoms with Gasteiger partial charge < -0.3 is 4.90 Å². The molecular formula is C16H26N2O3S. The summed E-state index contributed by atoms with van der Waals surface area (Å²) < 4.78 is 25.9. The van der Waals surface area contributed by atoms with Crippen LogP contribution in [0.5, 0.6) is 0 Å². The van der Waals surface area contributed by atoms with E-state index in [4.69, 9.17) is 0 Å². The fraction of sp³-hybridized carbons (Fsp3) is 0.562. The van der Waals surface area contributed by atoms with E-state index in [9.17, 15) is 13.2 Å². The molecule has 0 aliphatic heterocycles. The summed E-state index contributed by atoms with van der Waals surface area (Å²) in [7, 11) is -3.25. The van der Waals surface area contributed by atoms with Crippen molar-refractivity contribution in [2.24, 2.45) is 0 Å². The number of anilines is 1. The SMILES string of the molecule is CCCS(=O)(=O)NCCN(C(C)=O)c1c(C)cc(C)cc1C. The predicted octanol–water partition coefficient (Wildman–Crippen LogP) is 2.29. The zero-order chi connectivity index (χ0) is 16.9. The summed E-state index contributed by atoms with van der Waals surface area (Å²) in [5, 5.41) is 0. The number of rotatable bonds is 7. The van der Waals surface area contributed by atoms with Gasteiger partial charge in [0, 0.05) is 25.7 Å². The molecule has 0 saturated heterocycles. The largest absolute Gasteiger partial charge is 0.311 e. The molecule has 0 aliphatic rings. The molecule has 1 rings (SSSR count). The molecule has 0 atom stereocenters. The highest BCUT2D eigenvalue weighted by molar-refractivity contribution is 7.89. The van der Waals surface area contributed by atoms with Gasteiger partial charge in [0.1, 0.15) is 0 Å². The maximum Gasteiger partial charge on any atom is 0.223 e. The van der Waals surface area contributed by atoms with Crippen molar-refractivity contribution in [3.63, 3.8) is 0 Å². The Morgan fingerprint density at radius 1 is 1.18 bits per heavy atom. The number of amides is 1. The van der Waals surface area contributed by atoms with E-state index < -0.39 is 10.0 Å². The molecule has 0 spiro atoms. The first-order valence-electron chi connectivity index (χ1n) is 7.51. The molecule has 0 radical (unpaired) electrons. The number of hydrogen-bond donors (Lipinski definition) is 1. The lowest BCUT2D eigenvalue weighted by Gasteiger charge is -2.25. The van der Waals surface area contributed by atoms with Crippen LogP contribution in [-0.4, -0.2) is 33.2 Å². The standard InChI is InChI=1S/C16H26N2O3S/c1-6-9-22(20,21)17-7-8-18(15(5)19)16-13(3)10-12(2)11-14(16)4/h10-11,17H,6-9H2,1-5H3. The van der Waals surface area contributed by atoms with Crippen LogP contribution in [0.3, 0.4) is 0 Å². The third kappa shape index (κ3) is 5.10. The van der Waals surface area contributed by atoms with Crippen molar-refractivity contribution in [3.8, 4) is 0 Å². The first kappa shape index (κ1) is 18.6. The fourth-order valence-electron chi connectivity index (χ4n) is 2.68. The topological polar surface area (TPSA) is 66.5 Å². The van der Waals surface area contributed by atoms with Crippen LogP contribution < -0.4 is 9.62 Å². The molecule has 124 valence electrons. The van der Waals surface area contributed by atoms with E-state index in [1.165, 1.54) is 6.92 Å². The summed E-state index contributed by atoms with van der Waals surface area (Å²) in [5.41, 5.74) is 4.05. The Kier molecular flexibility index (Phi) is 6.56. The van der Waals surface area contributed by atoms with Gasteiger partial charge in [0.05, 0.1) is 5.75 Å². The molecule has 0 aliphatic carbocycles. The van der Waals surface area contributed by atoms with Crippen molar-refractivity contribution < 1.29 is 13.2 Å². The molecule has 1 aromatic rings. The summed E-state index contributed by atoms with van der Waals surface area (Å²) in [6.07, 6.45) is 0.571. The van der Waals surface area contributed by atoms with Crippen molar-refractivity contribution in [1.29, 1.82) is 0 Å². The van der Waals surface area contributed by atoms with Crippen LogP contribution in [0.4, 0.5) is 5.69 Å². The molecule has 0 fully saturated rings. The van der Waals surface area contributed by atoms with E-state index in [1.807, 2.05) is 39.8 Å². The van der Waals surface area contributed by atoms with Crippen molar-refractivity contribution in [1.82, 2.24) is 4.72 Å². The van der Waals surface area contributed by atoms with Crippen LogP contribution >= 0.6 is 0 Å². The van der Waals surface area contributed by atoms with E-state index in [1.54, 1.807) is 4.90 Å². The Hall–Kier alpha value is -1.40. The van der Waals surface area contributed by atoms with Gasteiger partial charge >= 0.3 is 0 Å². The summed E-state index contributed by atoms with van der Waals surface area (Å²) >= 11 is 0. The average molecular weight is 326 g/mol. The Bertz CT molecular complexity index is 616. The monoisotopic (exact) mass is 326 g/mol. The molecule has 0 unspecified atom stereocenters. The lowest BCUT2D eigenvalue weighted by molar-refractivity contribution is -0.116. The predicted molar refractivity (Wildman–Crippen MR) is 90.8 cm³/mol. The normalized spacial score (nSPS) is 11.5. The molecule has 22 heavy (non-hydrogen) atoms. The number of nitrogens with one attached hydrogen (secondary N) is 1. The van der Waals surface area contributed by atoms with Crippen LogP contribution in [0.1, 0.15) is 37.0 Å². The van der Waals surface area contributed by atoms with Crippen LogP contribution in [0.15, 0.2) is 12.1 Å². The molecule has 0 heterocycles. The molecule has 0 bridgehead atoms. The zero-order valence-electron chi connectivity index (χ0n) is 14.1. The fourth-order valence-corrected chi connectivity index (χ4v) is 3.76. The summed E-state index contributed by atoms with van der Waals surface area (Å²) in [5.74, 6) is 0.0140. The molecular weight excluding hydrogens is 300 g/mol. The van der Waals surface area contributed by atoms with Gasteiger partial charge in [-0.3, -0.25) is 4.79 Å². The number of hydrogen-bond acceptors (Lipinski definition) is 3. The van der Waals surface area contributed by atoms with Crippen LogP contribution in [0.2, 0.25) is 0 Å². The first-order valence-corrected chi connectivity index (χ1v) is 9.16. The Morgan fingerprint density at radius 2 is 1.73 bits per heavy atom. The van der Waals surface area contributed by atoms with E-state index in [0.717, 1.165) is 22.4 Å². The second kappa shape index (κ2) is 7.74. The van der Waals surface area contributed by atoms with Crippen molar-refractivity contribution in [2.45, 2.75) is 41.0 Å². The van der Waals surface area contributed by atoms with Gasteiger partial charge in [0.15, 0.2) is 0 Å². The van der Waals surface area contributed by atoms with E-state index in [2.05, 4.69) is 4.72 Å². The average Bonchev–Trinajstić information content (AvgIpc) is 2.35. The maximum atomic E-state index is 12.0. The minimum Gasteiger partial charge on any atom is -0.311 e. The molecule has 1 aromatic carbocycles. The van der Waals surface area contributed by atoms with Gasteiger partial charge in [-0.2, -0.15) is 0 Å². The highest BCUT2D eigenvalue weighted by atomic mass is 32.2. The highest BCUT2D eigenvalue weighted by Crippen LogP contribution is 2.26. The van der Waals surface area contributed by atoms with Crippen LogP contribution in [0.25, 0.3) is 0 Å². The second-order valence-electron chi connectivity index (χ2n) is 5.63. The number of aryl methyl sites for hydroxylation is 3. The number of sulfonamides is 1. The summed E-state index contributed by atoms with van der Waals surface area (Å²) in [6.45, 7) is 9.80. The number of carbonyl (C=O) groups excluding carboxylic acids is 1. The van der Waals surface area contributed by atoms with Crippen LogP contribution in [0, 0.1) is 20.8 Å². The molecule has 0 saturated carbocycles. The van der Waals surface area contributed by atoms with E-state index in [0.29, 0.717) is 13.0 Å². The second-order valence-corrected chi connectivity index (χ2v) is 7.56. The Balaban J connectivity index is 2.91. The molecule has 5 nitrogen and oxygen atoms in total. The lowest BCUT2D eigenvalue weighted by Crippen LogP contribution is -2.38. The number of benzene rings is 1. The zero-order valence-corrected chi connectivity index (χ0v) is 14.9. The summed E-state index contributed by atoms with van der Waals surface area (Å²) in [4.78, 5) is 13.6. The lowest BCUT2D eigenvalue weighted by atomic mass is 10.0. The van der Waals surface area contributed by atoms with Gasteiger partial charge in [-0.25, -0.2) is 13.1 Å². The van der Waals surface area contributed by atoms with Gasteiger partial charge in [0.25, 0.3) is 0 Å². The van der Waals surface area contributed by atoms with Crippen molar-refractivity contribution >= 4 is 21.6 Å². The van der Waals surface area contributed by atoms with E-state index in [-0.39, 0.29) is 18.2 Å². The maximum absolute atomic E-state index is 12.0. The minimum absolute atomic E-state index is 0.0928. The third-order valence-electron chi connectivity index (χ3n) is 3.42. The Morgan fingerprint density at radius 3 is 2.18 bits per heavy atom. The number of carbonyl (C=O) groups is 1. The van der Waals surface area contributed by atoms with Crippen molar-refractivity contribution in [2.75, 3.05) is 23.7 Å². The van der Waals surface area contributed by atoms with E-state index >= 15 is 0 Å².